The van der Waals surface area contributed by atoms with E-state index in [0.29, 0.717) is 12.4 Å². The van der Waals surface area contributed by atoms with E-state index in [1.807, 2.05) is 19.0 Å². The first-order valence-corrected chi connectivity index (χ1v) is 6.79. The van der Waals surface area contributed by atoms with E-state index >= 15 is 0 Å². The molecular weight excluding hydrogens is 311 g/mol. The Labute approximate surface area is 131 Å². The topological polar surface area (TPSA) is 63.2 Å². The van der Waals surface area contributed by atoms with Crippen molar-refractivity contribution in [2.45, 2.75) is 6.18 Å². The molecule has 0 saturated carbocycles. The normalized spacial score (nSPS) is 11.3. The molecule has 9 heteroatoms. The lowest BCUT2D eigenvalue weighted by molar-refractivity contribution is -0.137. The predicted molar refractivity (Wildman–Crippen MR) is 78.5 cm³/mol. The summed E-state index contributed by atoms with van der Waals surface area (Å²) in [6.45, 7) is 1.44. The second kappa shape index (κ2) is 7.23. The number of rotatable bonds is 6. The van der Waals surface area contributed by atoms with Crippen molar-refractivity contribution in [2.24, 2.45) is 0 Å². The Kier molecular flexibility index (Phi) is 5.32. The lowest BCUT2D eigenvalue weighted by Crippen LogP contribution is -2.27. The number of nitrogens with zero attached hydrogens (tertiary/aromatic N) is 4. The van der Waals surface area contributed by atoms with Crippen molar-refractivity contribution in [3.63, 3.8) is 0 Å². The molecule has 1 N–H and O–H groups in total. The quantitative estimate of drug-likeness (QED) is 0.879. The van der Waals surface area contributed by atoms with Gasteiger partial charge >= 0.3 is 6.18 Å². The SMILES string of the molecule is CNCCN(C)c1cncc(Oc2cc(C(F)(F)F)ccn2)n1. The van der Waals surface area contributed by atoms with Crippen LogP contribution in [0.25, 0.3) is 0 Å². The summed E-state index contributed by atoms with van der Waals surface area (Å²) in [7, 11) is 3.66. The summed E-state index contributed by atoms with van der Waals surface area (Å²) in [6, 6.07) is 1.69. The highest BCUT2D eigenvalue weighted by Crippen LogP contribution is 2.31. The molecule has 2 aromatic heterocycles. The molecule has 0 amide bonds. The molecule has 2 aromatic rings. The van der Waals surface area contributed by atoms with Crippen molar-refractivity contribution in [2.75, 3.05) is 32.1 Å². The zero-order valence-electron chi connectivity index (χ0n) is 12.6. The van der Waals surface area contributed by atoms with E-state index in [9.17, 15) is 13.2 Å². The van der Waals surface area contributed by atoms with Crippen molar-refractivity contribution < 1.29 is 17.9 Å². The number of pyridine rings is 1. The van der Waals surface area contributed by atoms with E-state index in [1.54, 1.807) is 6.20 Å². The Bertz CT molecular complexity index is 650. The number of likely N-dealkylation sites (N-methyl/N-ethyl adjacent to an activating group) is 2. The van der Waals surface area contributed by atoms with Gasteiger partial charge in [-0.2, -0.15) is 18.2 Å². The zero-order chi connectivity index (χ0) is 16.9. The van der Waals surface area contributed by atoms with Crippen LogP contribution in [0.2, 0.25) is 0 Å². The zero-order valence-corrected chi connectivity index (χ0v) is 12.6. The summed E-state index contributed by atoms with van der Waals surface area (Å²) in [6.07, 6.45) is -0.560. The highest BCUT2D eigenvalue weighted by molar-refractivity contribution is 5.37. The highest BCUT2D eigenvalue weighted by atomic mass is 19.4. The van der Waals surface area contributed by atoms with E-state index in [-0.39, 0.29) is 11.8 Å². The van der Waals surface area contributed by atoms with Crippen molar-refractivity contribution in [3.05, 3.63) is 36.3 Å². The molecule has 0 aliphatic heterocycles. The second-order valence-corrected chi connectivity index (χ2v) is 4.72. The average molecular weight is 327 g/mol. The lowest BCUT2D eigenvalue weighted by atomic mass is 10.2. The predicted octanol–water partition coefficient (Wildman–Crippen LogP) is 2.34. The molecule has 0 aliphatic carbocycles. The Balaban J connectivity index is 2.14. The van der Waals surface area contributed by atoms with Crippen LogP contribution in [-0.4, -0.2) is 42.1 Å². The Morgan fingerprint density at radius 3 is 2.74 bits per heavy atom. The third kappa shape index (κ3) is 4.78. The molecule has 6 nitrogen and oxygen atoms in total. The molecule has 2 rings (SSSR count). The fourth-order valence-corrected chi connectivity index (χ4v) is 1.71. The van der Waals surface area contributed by atoms with Gasteiger partial charge in [0.1, 0.15) is 0 Å². The van der Waals surface area contributed by atoms with Crippen LogP contribution in [0.4, 0.5) is 19.0 Å². The smallest absolute Gasteiger partial charge is 0.416 e. The minimum Gasteiger partial charge on any atom is -0.419 e. The molecule has 0 aliphatic rings. The standard InChI is InChI=1S/C14H16F3N5O/c1-18-5-6-22(2)11-8-19-9-13(21-11)23-12-7-10(3-4-20-12)14(15,16)17/h3-4,7-9,18H,5-6H2,1-2H3. The second-order valence-electron chi connectivity index (χ2n) is 4.72. The summed E-state index contributed by atoms with van der Waals surface area (Å²) in [5.41, 5.74) is -0.835. The largest absolute Gasteiger partial charge is 0.419 e. The number of hydrogen-bond donors (Lipinski definition) is 1. The van der Waals surface area contributed by atoms with Crippen molar-refractivity contribution in [1.29, 1.82) is 0 Å². The number of anilines is 1. The Hall–Kier alpha value is -2.42. The number of nitrogens with one attached hydrogen (secondary N) is 1. The fraction of sp³-hybridized carbons (Fsp3) is 0.357. The molecule has 0 spiro atoms. The van der Waals surface area contributed by atoms with E-state index < -0.39 is 11.7 Å². The summed E-state index contributed by atoms with van der Waals surface area (Å²) < 4.78 is 43.3. The number of ether oxygens (including phenoxy) is 1. The van der Waals surface area contributed by atoms with E-state index in [2.05, 4.69) is 20.3 Å². The molecule has 23 heavy (non-hydrogen) atoms. The number of halogens is 3. The summed E-state index contributed by atoms with van der Waals surface area (Å²) in [5, 5.41) is 3.01. The van der Waals surface area contributed by atoms with Gasteiger partial charge in [0.2, 0.25) is 11.8 Å². The maximum absolute atomic E-state index is 12.7. The fourth-order valence-electron chi connectivity index (χ4n) is 1.71. The van der Waals surface area contributed by atoms with Gasteiger partial charge in [-0.25, -0.2) is 4.98 Å². The first-order chi connectivity index (χ1) is 10.9. The molecule has 0 radical (unpaired) electrons. The van der Waals surface area contributed by atoms with Gasteiger partial charge in [-0.05, 0) is 13.1 Å². The van der Waals surface area contributed by atoms with E-state index in [0.717, 1.165) is 24.9 Å². The van der Waals surface area contributed by atoms with Gasteiger partial charge in [0.25, 0.3) is 0 Å². The first kappa shape index (κ1) is 16.9. The van der Waals surface area contributed by atoms with Gasteiger partial charge < -0.3 is 15.0 Å². The van der Waals surface area contributed by atoms with E-state index in [4.69, 9.17) is 4.74 Å². The van der Waals surface area contributed by atoms with Crippen LogP contribution < -0.4 is 15.0 Å². The number of alkyl halides is 3. The molecule has 0 atom stereocenters. The van der Waals surface area contributed by atoms with Crippen LogP contribution >= 0.6 is 0 Å². The van der Waals surface area contributed by atoms with Gasteiger partial charge in [0, 0.05) is 32.4 Å². The molecule has 0 bridgehead atoms. The van der Waals surface area contributed by atoms with Crippen LogP contribution in [0.3, 0.4) is 0 Å². The highest BCUT2D eigenvalue weighted by Gasteiger charge is 2.31. The maximum Gasteiger partial charge on any atom is 0.416 e. The molecule has 124 valence electrons. The van der Waals surface area contributed by atoms with Gasteiger partial charge in [-0.1, -0.05) is 0 Å². The number of aromatic nitrogens is 3. The molecule has 2 heterocycles. The third-order valence-corrected chi connectivity index (χ3v) is 2.96. The minimum atomic E-state index is -4.46. The third-order valence-electron chi connectivity index (χ3n) is 2.96. The minimum absolute atomic E-state index is 0.0747. The summed E-state index contributed by atoms with van der Waals surface area (Å²) in [4.78, 5) is 13.8. The molecule has 0 aromatic carbocycles. The van der Waals surface area contributed by atoms with Crippen LogP contribution in [0.5, 0.6) is 11.8 Å². The van der Waals surface area contributed by atoms with Crippen LogP contribution in [0.15, 0.2) is 30.7 Å². The van der Waals surface area contributed by atoms with Crippen LogP contribution in [0, 0.1) is 0 Å². The molecule has 0 saturated heterocycles. The van der Waals surface area contributed by atoms with Gasteiger partial charge in [-0.3, -0.25) is 4.98 Å². The van der Waals surface area contributed by atoms with Crippen LogP contribution in [0.1, 0.15) is 5.56 Å². The van der Waals surface area contributed by atoms with Crippen molar-refractivity contribution in [1.82, 2.24) is 20.3 Å². The Morgan fingerprint density at radius 1 is 1.26 bits per heavy atom. The maximum atomic E-state index is 12.7. The van der Waals surface area contributed by atoms with Crippen molar-refractivity contribution >= 4 is 5.82 Å². The first-order valence-electron chi connectivity index (χ1n) is 6.79. The Morgan fingerprint density at radius 2 is 2.04 bits per heavy atom. The van der Waals surface area contributed by atoms with Gasteiger partial charge in [0.15, 0.2) is 5.82 Å². The average Bonchev–Trinajstić information content (AvgIpc) is 2.52. The van der Waals surface area contributed by atoms with Gasteiger partial charge in [0.05, 0.1) is 18.0 Å². The lowest BCUT2D eigenvalue weighted by Gasteiger charge is -2.17. The molecule has 0 unspecified atom stereocenters. The summed E-state index contributed by atoms with van der Waals surface area (Å²) >= 11 is 0. The number of hydrogen-bond acceptors (Lipinski definition) is 6. The monoisotopic (exact) mass is 327 g/mol. The molecule has 0 fully saturated rings. The van der Waals surface area contributed by atoms with Crippen molar-refractivity contribution in [3.8, 4) is 11.8 Å². The molecular formula is C14H16F3N5O. The van der Waals surface area contributed by atoms with E-state index in [1.165, 1.54) is 6.20 Å². The van der Waals surface area contributed by atoms with Crippen LogP contribution in [-0.2, 0) is 6.18 Å². The summed E-state index contributed by atoms with van der Waals surface area (Å²) in [5.74, 6) is 0.430. The van der Waals surface area contributed by atoms with Gasteiger partial charge in [-0.15, -0.1) is 0 Å².